The van der Waals surface area contributed by atoms with Crippen molar-refractivity contribution in [2.75, 3.05) is 13.6 Å². The van der Waals surface area contributed by atoms with Gasteiger partial charge < -0.3 is 14.9 Å². The molecule has 19 heavy (non-hydrogen) atoms. The maximum atomic E-state index is 9.15. The Morgan fingerprint density at radius 3 is 2.74 bits per heavy atom. The predicted molar refractivity (Wildman–Crippen MR) is 80.6 cm³/mol. The molecule has 1 aromatic heterocycles. The van der Waals surface area contributed by atoms with Gasteiger partial charge >= 0.3 is 7.12 Å². The number of nitrogens with zero attached hydrogens (tertiary/aromatic N) is 1. The Kier molecular flexibility index (Phi) is 5.16. The molecule has 0 fully saturated rings. The number of benzene rings is 1. The molecule has 0 saturated heterocycles. The van der Waals surface area contributed by atoms with Crippen molar-refractivity contribution < 1.29 is 10.0 Å². The van der Waals surface area contributed by atoms with Crippen molar-refractivity contribution in [1.82, 2.24) is 4.90 Å². The lowest BCUT2D eigenvalue weighted by Gasteiger charge is -2.16. The first-order valence-corrected chi connectivity index (χ1v) is 7.19. The molecule has 0 bridgehead atoms. The van der Waals surface area contributed by atoms with Crippen LogP contribution >= 0.6 is 11.3 Å². The van der Waals surface area contributed by atoms with E-state index in [9.17, 15) is 0 Å². The Hall–Kier alpha value is -1.14. The van der Waals surface area contributed by atoms with Gasteiger partial charge in [-0.1, -0.05) is 30.3 Å². The van der Waals surface area contributed by atoms with Crippen molar-refractivity contribution in [2.45, 2.75) is 13.0 Å². The smallest absolute Gasteiger partial charge is 0.423 e. The van der Waals surface area contributed by atoms with E-state index >= 15 is 0 Å². The molecule has 0 radical (unpaired) electrons. The van der Waals surface area contributed by atoms with Gasteiger partial charge in [0.25, 0.3) is 0 Å². The van der Waals surface area contributed by atoms with Crippen molar-refractivity contribution in [2.24, 2.45) is 0 Å². The quantitative estimate of drug-likeness (QED) is 0.776. The predicted octanol–water partition coefficient (Wildman–Crippen LogP) is 1.10. The molecule has 5 heteroatoms. The normalized spacial score (nSPS) is 10.9. The molecule has 0 atom stereocenters. The number of hydrogen-bond acceptors (Lipinski definition) is 4. The summed E-state index contributed by atoms with van der Waals surface area (Å²) < 4.78 is 0. The maximum Gasteiger partial charge on any atom is 0.488 e. The highest BCUT2D eigenvalue weighted by Crippen LogP contribution is 2.10. The van der Waals surface area contributed by atoms with Crippen LogP contribution in [0.3, 0.4) is 0 Å². The van der Waals surface area contributed by atoms with Gasteiger partial charge in [-0.15, -0.1) is 11.3 Å². The Labute approximate surface area is 118 Å². The van der Waals surface area contributed by atoms with Crippen LogP contribution in [-0.2, 0) is 13.0 Å². The third-order valence-electron chi connectivity index (χ3n) is 3.02. The summed E-state index contributed by atoms with van der Waals surface area (Å²) in [4.78, 5) is 3.63. The van der Waals surface area contributed by atoms with E-state index in [4.69, 9.17) is 10.0 Å². The zero-order valence-electron chi connectivity index (χ0n) is 11.0. The van der Waals surface area contributed by atoms with E-state index < -0.39 is 7.12 Å². The second kappa shape index (κ2) is 6.87. The average Bonchev–Trinajstić information content (AvgIpc) is 2.90. The van der Waals surface area contributed by atoms with Crippen molar-refractivity contribution in [3.63, 3.8) is 0 Å². The summed E-state index contributed by atoms with van der Waals surface area (Å²) in [5.74, 6) is 0. The number of hydrogen-bond donors (Lipinski definition) is 2. The van der Waals surface area contributed by atoms with Crippen LogP contribution in [0, 0.1) is 0 Å². The molecule has 0 aliphatic heterocycles. The van der Waals surface area contributed by atoms with Crippen LogP contribution in [0.4, 0.5) is 0 Å². The fourth-order valence-electron chi connectivity index (χ4n) is 2.00. The van der Waals surface area contributed by atoms with Crippen molar-refractivity contribution in [1.29, 1.82) is 0 Å². The van der Waals surface area contributed by atoms with Crippen LogP contribution in [0.5, 0.6) is 0 Å². The second-order valence-corrected chi connectivity index (χ2v) is 5.72. The highest BCUT2D eigenvalue weighted by atomic mass is 32.1. The van der Waals surface area contributed by atoms with E-state index in [-0.39, 0.29) is 0 Å². The van der Waals surface area contributed by atoms with Gasteiger partial charge in [0.2, 0.25) is 0 Å². The third kappa shape index (κ3) is 4.47. The van der Waals surface area contributed by atoms with Gasteiger partial charge in [-0.25, -0.2) is 0 Å². The van der Waals surface area contributed by atoms with E-state index in [2.05, 4.69) is 29.5 Å². The van der Waals surface area contributed by atoms with Crippen LogP contribution in [0.1, 0.15) is 10.4 Å². The average molecular weight is 275 g/mol. The molecule has 2 aromatic rings. The van der Waals surface area contributed by atoms with Gasteiger partial charge in [0.05, 0.1) is 0 Å². The molecule has 2 rings (SSSR count). The summed E-state index contributed by atoms with van der Waals surface area (Å²) in [7, 11) is 0.687. The molecule has 0 saturated carbocycles. The van der Waals surface area contributed by atoms with Crippen molar-refractivity contribution in [3.05, 3.63) is 52.2 Å². The van der Waals surface area contributed by atoms with Gasteiger partial charge in [0.15, 0.2) is 0 Å². The Morgan fingerprint density at radius 1 is 1.21 bits per heavy atom. The SMILES string of the molecule is CN(CCc1cccs1)Cc1cccc(B(O)O)c1. The minimum Gasteiger partial charge on any atom is -0.423 e. The first-order chi connectivity index (χ1) is 9.15. The summed E-state index contributed by atoms with van der Waals surface area (Å²) in [6.45, 7) is 1.80. The Bertz CT molecular complexity index is 502. The van der Waals surface area contributed by atoms with Crippen LogP contribution in [0.25, 0.3) is 0 Å². The van der Waals surface area contributed by atoms with Gasteiger partial charge in [-0.2, -0.15) is 0 Å². The van der Waals surface area contributed by atoms with E-state index in [1.54, 1.807) is 17.4 Å². The standard InChI is InChI=1S/C14H18BNO2S/c1-16(8-7-14-6-3-9-19-14)11-12-4-2-5-13(10-12)15(17)18/h2-6,9-10,17-18H,7-8,11H2,1H3. The number of likely N-dealkylation sites (N-methyl/N-ethyl adjacent to an activating group) is 1. The zero-order chi connectivity index (χ0) is 13.7. The van der Waals surface area contributed by atoms with Gasteiger partial charge in [0, 0.05) is 18.0 Å². The highest BCUT2D eigenvalue weighted by molar-refractivity contribution is 7.09. The summed E-state index contributed by atoms with van der Waals surface area (Å²) in [6, 6.07) is 11.7. The molecule has 1 heterocycles. The largest absolute Gasteiger partial charge is 0.488 e. The Morgan fingerprint density at radius 2 is 2.05 bits per heavy atom. The summed E-state index contributed by atoms with van der Waals surface area (Å²) in [5, 5.41) is 20.4. The first kappa shape index (κ1) is 14.3. The van der Waals surface area contributed by atoms with Crippen molar-refractivity contribution >= 4 is 23.9 Å². The van der Waals surface area contributed by atoms with E-state index in [1.807, 2.05) is 18.2 Å². The lowest BCUT2D eigenvalue weighted by Crippen LogP contribution is -2.30. The molecular weight excluding hydrogens is 257 g/mol. The van der Waals surface area contributed by atoms with Gasteiger partial charge in [0.1, 0.15) is 0 Å². The molecule has 100 valence electrons. The van der Waals surface area contributed by atoms with E-state index in [0.717, 1.165) is 25.1 Å². The number of thiophene rings is 1. The minimum atomic E-state index is -1.39. The fourth-order valence-corrected chi connectivity index (χ4v) is 2.70. The maximum absolute atomic E-state index is 9.15. The number of rotatable bonds is 6. The molecule has 1 aromatic carbocycles. The lowest BCUT2D eigenvalue weighted by atomic mass is 9.79. The van der Waals surface area contributed by atoms with E-state index in [1.165, 1.54) is 4.88 Å². The van der Waals surface area contributed by atoms with Gasteiger partial charge in [-0.05, 0) is 35.9 Å². The summed E-state index contributed by atoms with van der Waals surface area (Å²) in [5.41, 5.74) is 1.64. The fraction of sp³-hybridized carbons (Fsp3) is 0.286. The van der Waals surface area contributed by atoms with Crippen LogP contribution in [0.2, 0.25) is 0 Å². The minimum absolute atomic E-state index is 0.546. The molecule has 3 nitrogen and oxygen atoms in total. The molecule has 2 N–H and O–H groups in total. The Balaban J connectivity index is 1.87. The molecule has 0 aliphatic rings. The molecular formula is C14H18BNO2S. The van der Waals surface area contributed by atoms with Crippen LogP contribution in [0.15, 0.2) is 41.8 Å². The monoisotopic (exact) mass is 275 g/mol. The van der Waals surface area contributed by atoms with Crippen LogP contribution in [-0.4, -0.2) is 35.7 Å². The van der Waals surface area contributed by atoms with Gasteiger partial charge in [-0.3, -0.25) is 0 Å². The highest BCUT2D eigenvalue weighted by Gasteiger charge is 2.11. The van der Waals surface area contributed by atoms with Crippen molar-refractivity contribution in [3.8, 4) is 0 Å². The first-order valence-electron chi connectivity index (χ1n) is 6.31. The lowest BCUT2D eigenvalue weighted by molar-refractivity contribution is 0.332. The summed E-state index contributed by atoms with van der Waals surface area (Å²) >= 11 is 1.78. The zero-order valence-corrected chi connectivity index (χ0v) is 11.8. The molecule has 0 aliphatic carbocycles. The molecule has 0 unspecified atom stereocenters. The third-order valence-corrected chi connectivity index (χ3v) is 3.96. The van der Waals surface area contributed by atoms with E-state index in [0.29, 0.717) is 5.46 Å². The molecule has 0 spiro atoms. The second-order valence-electron chi connectivity index (χ2n) is 4.69. The summed E-state index contributed by atoms with van der Waals surface area (Å²) in [6.07, 6.45) is 1.05. The van der Waals surface area contributed by atoms with Crippen LogP contribution < -0.4 is 5.46 Å². The topological polar surface area (TPSA) is 43.7 Å². The molecule has 0 amide bonds.